The van der Waals surface area contributed by atoms with Crippen LogP contribution in [-0.4, -0.2) is 91.7 Å². The third-order valence-electron chi connectivity index (χ3n) is 8.16. The molecule has 0 radical (unpaired) electrons. The molecule has 8 nitrogen and oxygen atoms in total. The van der Waals surface area contributed by atoms with E-state index in [2.05, 4.69) is 40.9 Å². The van der Waals surface area contributed by atoms with E-state index in [4.69, 9.17) is 16.4 Å². The van der Waals surface area contributed by atoms with Crippen LogP contribution in [0.2, 0.25) is 5.02 Å². The Balaban J connectivity index is 0.00000127. The van der Waals surface area contributed by atoms with E-state index in [9.17, 15) is 9.59 Å². The summed E-state index contributed by atoms with van der Waals surface area (Å²) in [5, 5.41) is 6.40. The number of hydrogen-bond acceptors (Lipinski definition) is 6. The molecule has 9 heteroatoms. The molecule has 2 aliphatic heterocycles. The lowest BCUT2D eigenvalue weighted by molar-refractivity contribution is -0.138. The topological polar surface area (TPSA) is 76.2 Å². The number of carbonyl (C=O) groups excluding carboxylic acids is 3. The molecule has 0 aliphatic carbocycles. The summed E-state index contributed by atoms with van der Waals surface area (Å²) in [6.45, 7) is 19.1. The van der Waals surface area contributed by atoms with Gasteiger partial charge in [-0.1, -0.05) is 48.5 Å². The standard InChI is InChI=1S/C32H38ClN5O2.C2H4.CH2O/c1-24(37-18-16-36(17-19-37)23-30(39)35(3)29-8-5-4-6-9-29)22-38-15-7-14-32(2,31(38)40)34-28-13-11-25-20-27(33)12-10-26(25)21-28;2*1-2/h4-6,8-13,20-21,34H,1,7,14-19,22-23H2,2-3H3;1-2H2;1H2/t32-;;/m0../s1. The summed E-state index contributed by atoms with van der Waals surface area (Å²) in [4.78, 5) is 42.6. The predicted octanol–water partition coefficient (Wildman–Crippen LogP) is 5.70. The highest BCUT2D eigenvalue weighted by Crippen LogP contribution is 2.30. The third-order valence-corrected chi connectivity index (χ3v) is 8.39. The molecule has 0 unspecified atom stereocenters. The lowest BCUT2D eigenvalue weighted by atomic mass is 9.89. The van der Waals surface area contributed by atoms with E-state index < -0.39 is 5.54 Å². The maximum absolute atomic E-state index is 13.7. The fourth-order valence-electron chi connectivity index (χ4n) is 5.70. The zero-order chi connectivity index (χ0) is 32.3. The zero-order valence-corrected chi connectivity index (χ0v) is 26.7. The zero-order valence-electron chi connectivity index (χ0n) is 25.9. The number of para-hydroxylation sites is 1. The first-order valence-corrected chi connectivity index (χ1v) is 15.1. The number of piperidine rings is 1. The molecule has 2 fully saturated rings. The Kier molecular flexibility index (Phi) is 12.6. The lowest BCUT2D eigenvalue weighted by Gasteiger charge is -2.43. The molecule has 3 aromatic carbocycles. The fraction of sp³-hybridized carbons (Fsp3) is 0.343. The highest BCUT2D eigenvalue weighted by Gasteiger charge is 2.40. The molecule has 2 heterocycles. The number of nitrogens with zero attached hydrogens (tertiary/aromatic N) is 4. The molecular weight excluding hydrogens is 574 g/mol. The van der Waals surface area contributed by atoms with Crippen LogP contribution in [0.5, 0.6) is 0 Å². The van der Waals surface area contributed by atoms with Crippen molar-refractivity contribution in [2.45, 2.75) is 25.3 Å². The maximum Gasteiger partial charge on any atom is 0.248 e. The second-order valence-corrected chi connectivity index (χ2v) is 11.5. The maximum atomic E-state index is 13.7. The van der Waals surface area contributed by atoms with Crippen molar-refractivity contribution >= 4 is 52.4 Å². The molecule has 0 saturated carbocycles. The Morgan fingerprint density at radius 3 is 2.25 bits per heavy atom. The Bertz CT molecular complexity index is 1420. The first kappa shape index (κ1) is 34.4. The van der Waals surface area contributed by atoms with Crippen molar-refractivity contribution in [3.8, 4) is 0 Å². The van der Waals surface area contributed by atoms with Crippen LogP contribution in [-0.2, 0) is 14.4 Å². The highest BCUT2D eigenvalue weighted by molar-refractivity contribution is 6.31. The Hall–Kier alpha value is -4.14. The number of amides is 2. The number of carbonyl (C=O) groups is 3. The van der Waals surface area contributed by atoms with E-state index in [-0.39, 0.29) is 11.8 Å². The lowest BCUT2D eigenvalue weighted by Crippen LogP contribution is -2.57. The van der Waals surface area contributed by atoms with E-state index in [0.29, 0.717) is 18.1 Å². The van der Waals surface area contributed by atoms with Crippen molar-refractivity contribution in [3.63, 3.8) is 0 Å². The van der Waals surface area contributed by atoms with Gasteiger partial charge in [-0.3, -0.25) is 14.5 Å². The normalized spacial score (nSPS) is 18.4. The van der Waals surface area contributed by atoms with Gasteiger partial charge in [0.25, 0.3) is 0 Å². The van der Waals surface area contributed by atoms with Gasteiger partial charge in [0.2, 0.25) is 11.8 Å². The van der Waals surface area contributed by atoms with Gasteiger partial charge in [0.1, 0.15) is 12.3 Å². The molecule has 44 heavy (non-hydrogen) atoms. The number of likely N-dealkylation sites (tertiary alicyclic amines) is 1. The molecule has 2 saturated heterocycles. The number of fused-ring (bicyclic) bond motifs is 1. The van der Waals surface area contributed by atoms with Crippen LogP contribution in [0, 0.1) is 0 Å². The largest absolute Gasteiger partial charge is 0.371 e. The summed E-state index contributed by atoms with van der Waals surface area (Å²) in [6.07, 6.45) is 1.70. The SMILES string of the molecule is C=C.C=C(CN1CCC[C@](C)(Nc2ccc3cc(Cl)ccc3c2)C1=O)N1CCN(CC(=O)N(C)c2ccccc2)CC1.C=O. The average Bonchev–Trinajstić information content (AvgIpc) is 3.05. The monoisotopic (exact) mass is 617 g/mol. The number of benzene rings is 3. The first-order chi connectivity index (χ1) is 21.2. The molecule has 0 spiro atoms. The Labute approximate surface area is 266 Å². The van der Waals surface area contributed by atoms with Crippen LogP contribution < -0.4 is 10.2 Å². The van der Waals surface area contributed by atoms with E-state index >= 15 is 0 Å². The van der Waals surface area contributed by atoms with Gasteiger partial charge in [-0.2, -0.15) is 0 Å². The van der Waals surface area contributed by atoms with Crippen molar-refractivity contribution < 1.29 is 14.4 Å². The van der Waals surface area contributed by atoms with Crippen molar-refractivity contribution in [2.75, 3.05) is 63.1 Å². The minimum Gasteiger partial charge on any atom is -0.371 e. The van der Waals surface area contributed by atoms with E-state index in [1.54, 1.807) is 4.90 Å². The van der Waals surface area contributed by atoms with Crippen molar-refractivity contribution in [3.05, 3.63) is 97.2 Å². The number of likely N-dealkylation sites (N-methyl/N-ethyl adjacent to an activating group) is 1. The molecule has 0 aromatic heterocycles. The van der Waals surface area contributed by atoms with Gasteiger partial charge in [0.15, 0.2) is 0 Å². The third kappa shape index (κ3) is 8.49. The molecule has 234 valence electrons. The Morgan fingerprint density at radius 2 is 1.57 bits per heavy atom. The summed E-state index contributed by atoms with van der Waals surface area (Å²) < 4.78 is 0. The minimum atomic E-state index is -0.678. The Morgan fingerprint density at radius 1 is 0.932 bits per heavy atom. The van der Waals surface area contributed by atoms with Crippen LogP contribution in [0.1, 0.15) is 19.8 Å². The van der Waals surface area contributed by atoms with E-state index in [1.165, 1.54) is 0 Å². The first-order valence-electron chi connectivity index (χ1n) is 14.7. The van der Waals surface area contributed by atoms with Gasteiger partial charge < -0.3 is 24.8 Å². The molecule has 5 rings (SSSR count). The van der Waals surface area contributed by atoms with Gasteiger partial charge in [0.05, 0.1) is 13.1 Å². The summed E-state index contributed by atoms with van der Waals surface area (Å²) >= 11 is 6.13. The van der Waals surface area contributed by atoms with Gasteiger partial charge in [-0.25, -0.2) is 0 Å². The highest BCUT2D eigenvalue weighted by atomic mass is 35.5. The predicted molar refractivity (Wildman–Crippen MR) is 182 cm³/mol. The van der Waals surface area contributed by atoms with E-state index in [1.807, 2.05) is 86.3 Å². The second-order valence-electron chi connectivity index (χ2n) is 11.1. The quantitative estimate of drug-likeness (QED) is 0.327. The molecular formula is C35H44ClN5O3. The minimum absolute atomic E-state index is 0.0828. The average molecular weight is 618 g/mol. The van der Waals surface area contributed by atoms with Crippen molar-refractivity contribution in [2.24, 2.45) is 0 Å². The van der Waals surface area contributed by atoms with Gasteiger partial charge in [-0.05, 0) is 66.9 Å². The molecule has 0 bridgehead atoms. The van der Waals surface area contributed by atoms with Crippen molar-refractivity contribution in [1.82, 2.24) is 14.7 Å². The second kappa shape index (κ2) is 16.1. The molecule has 2 amide bonds. The molecule has 1 N–H and O–H groups in total. The van der Waals surface area contributed by atoms with E-state index in [0.717, 1.165) is 73.4 Å². The van der Waals surface area contributed by atoms with Gasteiger partial charge >= 0.3 is 0 Å². The van der Waals surface area contributed by atoms with Crippen molar-refractivity contribution in [1.29, 1.82) is 0 Å². The van der Waals surface area contributed by atoms with Gasteiger partial charge in [-0.15, -0.1) is 13.2 Å². The number of hydrogen-bond donors (Lipinski definition) is 1. The van der Waals surface area contributed by atoms with Gasteiger partial charge in [0, 0.05) is 61.9 Å². The summed E-state index contributed by atoms with van der Waals surface area (Å²) in [7, 11) is 1.82. The molecule has 3 aromatic rings. The number of piperazine rings is 1. The fourth-order valence-corrected chi connectivity index (χ4v) is 5.88. The number of rotatable bonds is 8. The van der Waals surface area contributed by atoms with Crippen LogP contribution >= 0.6 is 11.6 Å². The van der Waals surface area contributed by atoms with Crippen LogP contribution in [0.15, 0.2) is 92.2 Å². The number of halogens is 1. The summed E-state index contributed by atoms with van der Waals surface area (Å²) in [5.41, 5.74) is 2.10. The van der Waals surface area contributed by atoms with Crippen LogP contribution in [0.25, 0.3) is 10.8 Å². The number of nitrogens with one attached hydrogen (secondary N) is 1. The summed E-state index contributed by atoms with van der Waals surface area (Å²) in [5.74, 6) is 0.184. The summed E-state index contributed by atoms with van der Waals surface area (Å²) in [6, 6.07) is 21.7. The molecule has 2 aliphatic rings. The smallest absolute Gasteiger partial charge is 0.248 e. The number of anilines is 2. The van der Waals surface area contributed by atoms with Crippen LogP contribution in [0.4, 0.5) is 11.4 Å². The van der Waals surface area contributed by atoms with Crippen LogP contribution in [0.3, 0.4) is 0 Å². The molecule has 1 atom stereocenters.